The van der Waals surface area contributed by atoms with E-state index in [0.29, 0.717) is 27.3 Å². The average Bonchev–Trinajstić information content (AvgIpc) is 2.96. The number of nitrogens with zero attached hydrogens (tertiary/aromatic N) is 4. The molecule has 0 spiro atoms. The van der Waals surface area contributed by atoms with Gasteiger partial charge in [-0.15, -0.1) is 5.10 Å². The number of hydrogen-bond acceptors (Lipinski definition) is 4. The Morgan fingerprint density at radius 3 is 2.41 bits per heavy atom. The van der Waals surface area contributed by atoms with Gasteiger partial charge in [0.1, 0.15) is 0 Å². The third-order valence-electron chi connectivity index (χ3n) is 3.02. The molecule has 3 aromatic rings. The van der Waals surface area contributed by atoms with E-state index in [1.165, 1.54) is 11.6 Å². The molecule has 2 heterocycles. The van der Waals surface area contributed by atoms with Crippen molar-refractivity contribution in [3.8, 4) is 22.8 Å². The molecule has 0 radical (unpaired) electrons. The van der Waals surface area contributed by atoms with Crippen molar-refractivity contribution in [2.24, 2.45) is 0 Å². The number of benzene rings is 1. The number of hydrogen-bond donors (Lipinski definition) is 0. The van der Waals surface area contributed by atoms with Gasteiger partial charge in [0.05, 0.1) is 10.0 Å². The molecule has 0 unspecified atom stereocenters. The van der Waals surface area contributed by atoms with Gasteiger partial charge in [-0.3, -0.25) is 9.78 Å². The Morgan fingerprint density at radius 2 is 1.77 bits per heavy atom. The predicted octanol–water partition coefficient (Wildman–Crippen LogP) is 3.97. The van der Waals surface area contributed by atoms with Gasteiger partial charge < -0.3 is 0 Å². The van der Waals surface area contributed by atoms with Crippen LogP contribution in [0.2, 0.25) is 10.0 Å². The lowest BCUT2D eigenvalue weighted by Crippen LogP contribution is -2.09. The maximum atomic E-state index is 11.8. The summed E-state index contributed by atoms with van der Waals surface area (Å²) in [5, 5.41) is 5.12. The van der Waals surface area contributed by atoms with Crippen LogP contribution in [0.15, 0.2) is 42.7 Å². The molecule has 7 heteroatoms. The Balaban J connectivity index is 2.15. The van der Waals surface area contributed by atoms with Crippen molar-refractivity contribution in [1.29, 1.82) is 0 Å². The Morgan fingerprint density at radius 1 is 1.05 bits per heavy atom. The molecule has 0 aliphatic carbocycles. The quantitative estimate of drug-likeness (QED) is 0.712. The Labute approximate surface area is 136 Å². The lowest BCUT2D eigenvalue weighted by Gasteiger charge is -1.99. The fourth-order valence-electron chi connectivity index (χ4n) is 1.98. The van der Waals surface area contributed by atoms with Gasteiger partial charge >= 0.3 is 0 Å². The second kappa shape index (κ2) is 5.87. The molecule has 0 atom stereocenters. The van der Waals surface area contributed by atoms with E-state index < -0.39 is 0 Å². The first-order chi connectivity index (χ1) is 10.6. The second-order valence-electron chi connectivity index (χ2n) is 4.55. The molecule has 0 bridgehead atoms. The number of rotatable bonds is 2. The zero-order valence-corrected chi connectivity index (χ0v) is 13.0. The maximum absolute atomic E-state index is 11.8. The summed E-state index contributed by atoms with van der Waals surface area (Å²) < 4.78 is 1.26. The van der Waals surface area contributed by atoms with Crippen LogP contribution in [0.4, 0.5) is 0 Å². The van der Waals surface area contributed by atoms with E-state index in [1.54, 1.807) is 42.7 Å². The van der Waals surface area contributed by atoms with Crippen LogP contribution in [-0.2, 0) is 0 Å². The van der Waals surface area contributed by atoms with Gasteiger partial charge in [-0.25, -0.2) is 4.98 Å². The maximum Gasteiger partial charge on any atom is 0.245 e. The van der Waals surface area contributed by atoms with Crippen molar-refractivity contribution in [3.05, 3.63) is 52.8 Å². The van der Waals surface area contributed by atoms with E-state index in [4.69, 9.17) is 23.2 Å². The molecule has 0 aliphatic rings. The molecule has 0 N–H and O–H groups in total. The summed E-state index contributed by atoms with van der Waals surface area (Å²) in [6, 6.07) is 8.62. The summed E-state index contributed by atoms with van der Waals surface area (Å²) in [7, 11) is 0. The molecule has 0 amide bonds. The zero-order valence-electron chi connectivity index (χ0n) is 11.5. The normalized spacial score (nSPS) is 10.7. The van der Waals surface area contributed by atoms with Crippen molar-refractivity contribution < 1.29 is 4.79 Å². The fourth-order valence-corrected chi connectivity index (χ4v) is 2.28. The Bertz CT molecular complexity index is 846. The van der Waals surface area contributed by atoms with E-state index in [9.17, 15) is 4.79 Å². The molecule has 0 saturated carbocycles. The Hall–Kier alpha value is -2.24. The second-order valence-corrected chi connectivity index (χ2v) is 5.37. The molecule has 0 fully saturated rings. The first kappa shape index (κ1) is 14.7. The molecule has 22 heavy (non-hydrogen) atoms. The Kier molecular flexibility index (Phi) is 3.92. The topological polar surface area (TPSA) is 60.7 Å². The SMILES string of the molecule is CC(=O)n1nc(-c2ccc(Cl)c(Cl)c2)nc1-c1ccncc1. The van der Waals surface area contributed by atoms with E-state index in [2.05, 4.69) is 15.1 Å². The summed E-state index contributed by atoms with van der Waals surface area (Å²) in [4.78, 5) is 20.2. The molecule has 2 aromatic heterocycles. The molecule has 110 valence electrons. The van der Waals surface area contributed by atoms with Gasteiger partial charge in [-0.05, 0) is 30.3 Å². The first-order valence-electron chi connectivity index (χ1n) is 6.40. The minimum absolute atomic E-state index is 0.231. The molecule has 0 saturated heterocycles. The minimum Gasteiger partial charge on any atom is -0.273 e. The van der Waals surface area contributed by atoms with Crippen LogP contribution < -0.4 is 0 Å². The first-order valence-corrected chi connectivity index (χ1v) is 7.15. The standard InChI is InChI=1S/C15H10Cl2N4O/c1-9(22)21-15(10-4-6-18-7-5-10)19-14(20-21)11-2-3-12(16)13(17)8-11/h2-8H,1H3. The van der Waals surface area contributed by atoms with Crippen LogP contribution in [0.1, 0.15) is 11.7 Å². The van der Waals surface area contributed by atoms with Crippen molar-refractivity contribution in [2.45, 2.75) is 6.92 Å². The lowest BCUT2D eigenvalue weighted by molar-refractivity contribution is 0.0923. The number of halogens is 2. The summed E-state index contributed by atoms with van der Waals surface area (Å²) >= 11 is 11.9. The number of carbonyl (C=O) groups is 1. The van der Waals surface area contributed by atoms with Gasteiger partial charge in [-0.1, -0.05) is 23.2 Å². The van der Waals surface area contributed by atoms with Crippen molar-refractivity contribution in [3.63, 3.8) is 0 Å². The van der Waals surface area contributed by atoms with Crippen LogP contribution in [0.25, 0.3) is 22.8 Å². The van der Waals surface area contributed by atoms with Crippen LogP contribution in [0.3, 0.4) is 0 Å². The van der Waals surface area contributed by atoms with Gasteiger partial charge in [-0.2, -0.15) is 4.68 Å². The summed E-state index contributed by atoms with van der Waals surface area (Å²) in [6.45, 7) is 1.43. The molecule has 0 aliphatic heterocycles. The molecule has 3 rings (SSSR count). The van der Waals surface area contributed by atoms with Crippen molar-refractivity contribution in [2.75, 3.05) is 0 Å². The van der Waals surface area contributed by atoms with Gasteiger partial charge in [0.15, 0.2) is 11.6 Å². The van der Waals surface area contributed by atoms with Crippen LogP contribution in [0.5, 0.6) is 0 Å². The number of aromatic nitrogens is 4. The van der Waals surface area contributed by atoms with Crippen molar-refractivity contribution in [1.82, 2.24) is 19.7 Å². The monoisotopic (exact) mass is 332 g/mol. The van der Waals surface area contributed by atoms with Crippen molar-refractivity contribution >= 4 is 29.1 Å². The third kappa shape index (κ3) is 2.73. The van der Waals surface area contributed by atoms with Gasteiger partial charge in [0.2, 0.25) is 5.91 Å². The lowest BCUT2D eigenvalue weighted by atomic mass is 10.2. The highest BCUT2D eigenvalue weighted by Gasteiger charge is 2.16. The highest BCUT2D eigenvalue weighted by molar-refractivity contribution is 6.42. The highest BCUT2D eigenvalue weighted by atomic mass is 35.5. The van der Waals surface area contributed by atoms with E-state index >= 15 is 0 Å². The van der Waals surface area contributed by atoms with E-state index in [1.807, 2.05) is 0 Å². The molecular weight excluding hydrogens is 323 g/mol. The summed E-state index contributed by atoms with van der Waals surface area (Å²) in [5.74, 6) is 0.627. The smallest absolute Gasteiger partial charge is 0.245 e. The largest absolute Gasteiger partial charge is 0.273 e. The summed E-state index contributed by atoms with van der Waals surface area (Å²) in [6.07, 6.45) is 3.26. The third-order valence-corrected chi connectivity index (χ3v) is 3.76. The summed E-state index contributed by atoms with van der Waals surface area (Å²) in [5.41, 5.74) is 1.44. The van der Waals surface area contributed by atoms with Gasteiger partial charge in [0.25, 0.3) is 0 Å². The van der Waals surface area contributed by atoms with E-state index in [0.717, 1.165) is 5.56 Å². The van der Waals surface area contributed by atoms with Gasteiger partial charge in [0, 0.05) is 30.4 Å². The minimum atomic E-state index is -0.231. The number of carbonyl (C=O) groups excluding carboxylic acids is 1. The number of pyridine rings is 1. The zero-order chi connectivity index (χ0) is 15.7. The molecular formula is C15H10Cl2N4O. The molecule has 1 aromatic carbocycles. The van der Waals surface area contributed by atoms with Crippen LogP contribution in [-0.4, -0.2) is 25.7 Å². The fraction of sp³-hybridized carbons (Fsp3) is 0.0667. The van der Waals surface area contributed by atoms with E-state index in [-0.39, 0.29) is 5.91 Å². The molecule has 5 nitrogen and oxygen atoms in total. The average molecular weight is 333 g/mol. The van der Waals surface area contributed by atoms with Crippen LogP contribution in [0, 0.1) is 0 Å². The highest BCUT2D eigenvalue weighted by Crippen LogP contribution is 2.28. The predicted molar refractivity (Wildman–Crippen MR) is 85.0 cm³/mol. The van der Waals surface area contributed by atoms with Crippen LogP contribution >= 0.6 is 23.2 Å².